The van der Waals surface area contributed by atoms with Gasteiger partial charge in [0.15, 0.2) is 0 Å². The van der Waals surface area contributed by atoms with Gasteiger partial charge in [-0.15, -0.1) is 11.3 Å². The van der Waals surface area contributed by atoms with Crippen molar-refractivity contribution >= 4 is 75.1 Å². The van der Waals surface area contributed by atoms with Crippen molar-refractivity contribution in [1.82, 2.24) is 9.13 Å². The lowest BCUT2D eigenvalue weighted by atomic mass is 9.93. The molecule has 3 heterocycles. The highest BCUT2D eigenvalue weighted by molar-refractivity contribution is 7.25. The van der Waals surface area contributed by atoms with Gasteiger partial charge in [0.25, 0.3) is 0 Å². The van der Waals surface area contributed by atoms with Crippen molar-refractivity contribution in [2.24, 2.45) is 0 Å². The minimum atomic E-state index is 1.14. The van der Waals surface area contributed by atoms with E-state index in [0.29, 0.717) is 0 Å². The highest BCUT2D eigenvalue weighted by atomic mass is 32.1. The summed E-state index contributed by atoms with van der Waals surface area (Å²) in [6.45, 7) is 0. The smallest absolute Gasteiger partial charge is 0.0541 e. The number of rotatable bonds is 4. The summed E-state index contributed by atoms with van der Waals surface area (Å²) in [6, 6.07) is 66.9. The van der Waals surface area contributed by atoms with Crippen LogP contribution in [0.1, 0.15) is 0 Å². The van der Waals surface area contributed by atoms with Gasteiger partial charge in [-0.05, 0) is 82.9 Å². The summed E-state index contributed by atoms with van der Waals surface area (Å²) in [5.74, 6) is 0. The van der Waals surface area contributed by atoms with Gasteiger partial charge in [-0.2, -0.15) is 0 Å². The number of benzene rings is 8. The minimum absolute atomic E-state index is 1.14. The third kappa shape index (κ3) is 4.29. The molecule has 0 saturated heterocycles. The molecule has 0 fully saturated rings. The van der Waals surface area contributed by atoms with E-state index in [2.05, 4.69) is 191 Å². The third-order valence-electron chi connectivity index (χ3n) is 10.5. The lowest BCUT2D eigenvalue weighted by Crippen LogP contribution is -2.00. The number of hydrogen-bond acceptors (Lipinski definition) is 1. The molecule has 11 aromatic rings. The zero-order valence-corrected chi connectivity index (χ0v) is 28.4. The number of fused-ring (bicyclic) bond motifs is 9. The molecule has 0 radical (unpaired) electrons. The van der Waals surface area contributed by atoms with Gasteiger partial charge in [0, 0.05) is 53.1 Å². The van der Waals surface area contributed by atoms with E-state index in [9.17, 15) is 0 Å². The van der Waals surface area contributed by atoms with Crippen molar-refractivity contribution in [2.45, 2.75) is 0 Å². The van der Waals surface area contributed by atoms with Crippen LogP contribution in [-0.4, -0.2) is 9.13 Å². The Hall–Kier alpha value is -6.42. The van der Waals surface area contributed by atoms with Gasteiger partial charge < -0.3 is 9.13 Å². The van der Waals surface area contributed by atoms with Gasteiger partial charge in [0.1, 0.15) is 0 Å². The number of aromatic nitrogens is 2. The van der Waals surface area contributed by atoms with E-state index in [1.54, 1.807) is 0 Å². The second-order valence-electron chi connectivity index (χ2n) is 13.3. The van der Waals surface area contributed by atoms with Gasteiger partial charge in [-0.1, -0.05) is 121 Å². The fraction of sp³-hybridized carbons (Fsp3) is 0. The number of thiophene rings is 1. The largest absolute Gasteiger partial charge is 0.309 e. The van der Waals surface area contributed by atoms with Crippen LogP contribution < -0.4 is 0 Å². The molecule has 0 bridgehead atoms. The lowest BCUT2D eigenvalue weighted by molar-refractivity contribution is 1.13. The summed E-state index contributed by atoms with van der Waals surface area (Å²) in [5, 5.41) is 7.66. The van der Waals surface area contributed by atoms with Gasteiger partial charge in [0.05, 0.1) is 22.1 Å². The zero-order chi connectivity index (χ0) is 33.5. The van der Waals surface area contributed by atoms with Crippen LogP contribution in [0.2, 0.25) is 0 Å². The van der Waals surface area contributed by atoms with E-state index in [4.69, 9.17) is 0 Å². The highest BCUT2D eigenvalue weighted by Gasteiger charge is 2.18. The first kappa shape index (κ1) is 28.4. The predicted molar refractivity (Wildman–Crippen MR) is 219 cm³/mol. The van der Waals surface area contributed by atoms with Crippen LogP contribution in [0, 0.1) is 0 Å². The molecule has 0 aliphatic carbocycles. The Morgan fingerprint density at radius 1 is 0.294 bits per heavy atom. The van der Waals surface area contributed by atoms with Crippen LogP contribution in [0.4, 0.5) is 0 Å². The fourth-order valence-corrected chi connectivity index (χ4v) is 9.38. The van der Waals surface area contributed by atoms with Gasteiger partial charge >= 0.3 is 0 Å². The first-order valence-electron chi connectivity index (χ1n) is 17.4. The number of para-hydroxylation sites is 4. The molecule has 0 N–H and O–H groups in total. The van der Waals surface area contributed by atoms with Crippen molar-refractivity contribution in [3.8, 4) is 33.6 Å². The third-order valence-corrected chi connectivity index (χ3v) is 11.7. The van der Waals surface area contributed by atoms with Gasteiger partial charge in [-0.25, -0.2) is 0 Å². The molecule has 0 spiro atoms. The summed E-state index contributed by atoms with van der Waals surface area (Å²) in [6.07, 6.45) is 0. The van der Waals surface area contributed by atoms with E-state index in [0.717, 1.165) is 11.4 Å². The molecule has 0 aliphatic rings. The molecule has 0 unspecified atom stereocenters. The predicted octanol–water partition coefficient (Wildman–Crippen LogP) is 13.6. The van der Waals surface area contributed by atoms with E-state index in [-0.39, 0.29) is 0 Å². The molecule has 238 valence electrons. The van der Waals surface area contributed by atoms with Crippen LogP contribution in [0.3, 0.4) is 0 Å². The standard InChI is InChI=1S/C48H30N2S/c1-2-14-36(35(13-1)31-25-26-48-42(29-31)41-19-7-12-24-47(41)51-48)32-27-33(49-43-20-8-3-15-37(43)38-16-4-9-21-44(38)49)30-34(28-32)50-45-22-10-5-17-39(45)40-18-6-11-23-46(40)50/h1-30H. The summed E-state index contributed by atoms with van der Waals surface area (Å²) in [7, 11) is 0. The molecular weight excluding hydrogens is 637 g/mol. The lowest BCUT2D eigenvalue weighted by Gasteiger charge is -2.17. The highest BCUT2D eigenvalue weighted by Crippen LogP contribution is 2.42. The molecule has 11 rings (SSSR count). The molecule has 0 aliphatic heterocycles. The van der Waals surface area contributed by atoms with Crippen LogP contribution in [-0.2, 0) is 0 Å². The summed E-state index contributed by atoms with van der Waals surface area (Å²) in [4.78, 5) is 0. The Bertz CT molecular complexity index is 2920. The van der Waals surface area contributed by atoms with Crippen LogP contribution in [0.5, 0.6) is 0 Å². The van der Waals surface area contributed by atoms with E-state index in [1.807, 2.05) is 11.3 Å². The Balaban J connectivity index is 1.22. The molecule has 0 amide bonds. The van der Waals surface area contributed by atoms with Crippen molar-refractivity contribution in [2.75, 3.05) is 0 Å². The molecule has 3 aromatic heterocycles. The van der Waals surface area contributed by atoms with Gasteiger partial charge in [0.2, 0.25) is 0 Å². The molecule has 2 nitrogen and oxygen atoms in total. The van der Waals surface area contributed by atoms with Gasteiger partial charge in [-0.3, -0.25) is 0 Å². The van der Waals surface area contributed by atoms with E-state index in [1.165, 1.54) is 86.0 Å². The number of nitrogens with zero attached hydrogens (tertiary/aromatic N) is 2. The minimum Gasteiger partial charge on any atom is -0.309 e. The molecule has 51 heavy (non-hydrogen) atoms. The van der Waals surface area contributed by atoms with Crippen LogP contribution in [0.15, 0.2) is 182 Å². The SMILES string of the molecule is c1ccc(-c2ccc3sc4ccccc4c3c2)c(-c2cc(-n3c4ccccc4c4ccccc43)cc(-n3c4ccccc4c4ccccc43)c2)c1. The summed E-state index contributed by atoms with van der Waals surface area (Å²) in [5.41, 5.74) is 11.9. The maximum absolute atomic E-state index is 2.44. The maximum atomic E-state index is 2.44. The Morgan fingerprint density at radius 3 is 1.24 bits per heavy atom. The van der Waals surface area contributed by atoms with Crippen molar-refractivity contribution in [3.05, 3.63) is 182 Å². The second-order valence-corrected chi connectivity index (χ2v) is 14.4. The van der Waals surface area contributed by atoms with E-state index < -0.39 is 0 Å². The number of hydrogen-bond donors (Lipinski definition) is 0. The average molecular weight is 667 g/mol. The Labute approximate surface area is 298 Å². The van der Waals surface area contributed by atoms with Crippen molar-refractivity contribution in [3.63, 3.8) is 0 Å². The first-order chi connectivity index (χ1) is 25.3. The van der Waals surface area contributed by atoms with Crippen LogP contribution >= 0.6 is 11.3 Å². The average Bonchev–Trinajstić information content (AvgIpc) is 3.85. The molecule has 3 heteroatoms. The molecular formula is C48H30N2S. The Kier molecular flexibility index (Phi) is 6.16. The monoisotopic (exact) mass is 666 g/mol. The molecule has 0 saturated carbocycles. The second kappa shape index (κ2) is 11.0. The zero-order valence-electron chi connectivity index (χ0n) is 27.6. The topological polar surface area (TPSA) is 9.86 Å². The van der Waals surface area contributed by atoms with E-state index >= 15 is 0 Å². The normalized spacial score (nSPS) is 11.9. The maximum Gasteiger partial charge on any atom is 0.0541 e. The molecule has 0 atom stereocenters. The molecule has 8 aromatic carbocycles. The fourth-order valence-electron chi connectivity index (χ4n) is 8.29. The van der Waals surface area contributed by atoms with Crippen LogP contribution in [0.25, 0.3) is 97.4 Å². The van der Waals surface area contributed by atoms with Crippen molar-refractivity contribution < 1.29 is 0 Å². The van der Waals surface area contributed by atoms with Crippen molar-refractivity contribution in [1.29, 1.82) is 0 Å². The summed E-state index contributed by atoms with van der Waals surface area (Å²) < 4.78 is 7.53. The summed E-state index contributed by atoms with van der Waals surface area (Å²) >= 11 is 1.86. The Morgan fingerprint density at radius 2 is 0.706 bits per heavy atom. The quantitative estimate of drug-likeness (QED) is 0.177. The first-order valence-corrected chi connectivity index (χ1v) is 18.3.